The molecule has 3 aromatic rings. The highest BCUT2D eigenvalue weighted by atomic mass is 16.2. The summed E-state index contributed by atoms with van der Waals surface area (Å²) < 4.78 is 1.96. The van der Waals surface area contributed by atoms with Crippen LogP contribution in [0.2, 0.25) is 0 Å². The lowest BCUT2D eigenvalue weighted by molar-refractivity contribution is 0.246. The molecule has 1 aromatic carbocycles. The number of nitrogens with zero attached hydrogens (tertiary/aromatic N) is 4. The van der Waals surface area contributed by atoms with E-state index in [2.05, 4.69) is 25.6 Å². The van der Waals surface area contributed by atoms with Gasteiger partial charge in [0.1, 0.15) is 11.6 Å². The van der Waals surface area contributed by atoms with Gasteiger partial charge in [0, 0.05) is 36.9 Å². The number of aromatic nitrogens is 4. The van der Waals surface area contributed by atoms with Gasteiger partial charge in [-0.15, -0.1) is 0 Å². The van der Waals surface area contributed by atoms with E-state index in [0.717, 1.165) is 35.6 Å². The van der Waals surface area contributed by atoms with Crippen LogP contribution in [0.15, 0.2) is 48.9 Å². The summed E-state index contributed by atoms with van der Waals surface area (Å²) in [5.41, 5.74) is 2.48. The third-order valence-electron chi connectivity index (χ3n) is 4.71. The molecule has 4 rings (SSSR count). The molecule has 0 radical (unpaired) electrons. The van der Waals surface area contributed by atoms with Crippen molar-refractivity contribution in [2.45, 2.75) is 25.8 Å². The molecule has 0 bridgehead atoms. The Bertz CT molecular complexity index is 962. The first-order valence-electron chi connectivity index (χ1n) is 9.05. The fourth-order valence-electron chi connectivity index (χ4n) is 3.18. The molecular formula is C20H22N6O. The van der Waals surface area contributed by atoms with Crippen molar-refractivity contribution in [1.29, 1.82) is 0 Å². The number of nitrogens with one attached hydrogen (secondary N) is 2. The third-order valence-corrected chi connectivity index (χ3v) is 4.71. The standard InChI is InChI=1S/C20H22N6O/c1-13-21-9-8-17(23-13)15-4-3-5-16(12-15)24-20(27)25-18(14-6-7-14)19-22-10-11-26(19)2/h3-5,8-12,14,18H,6-7H2,1-2H3,(H2,24,25,27)/t18-/m0/s1. The number of imidazole rings is 1. The van der Waals surface area contributed by atoms with Gasteiger partial charge in [0.2, 0.25) is 0 Å². The van der Waals surface area contributed by atoms with Crippen LogP contribution in [0.3, 0.4) is 0 Å². The largest absolute Gasteiger partial charge is 0.336 e. The average Bonchev–Trinajstić information content (AvgIpc) is 3.41. The topological polar surface area (TPSA) is 84.7 Å². The zero-order chi connectivity index (χ0) is 18.8. The maximum Gasteiger partial charge on any atom is 0.319 e. The van der Waals surface area contributed by atoms with Crippen molar-refractivity contribution in [3.8, 4) is 11.3 Å². The molecule has 1 saturated carbocycles. The molecule has 2 amide bonds. The summed E-state index contributed by atoms with van der Waals surface area (Å²) in [6.07, 6.45) is 7.62. The fourth-order valence-corrected chi connectivity index (χ4v) is 3.18. The van der Waals surface area contributed by atoms with Crippen molar-refractivity contribution in [3.63, 3.8) is 0 Å². The molecule has 1 aliphatic rings. The fraction of sp³-hybridized carbons (Fsp3) is 0.300. The molecule has 1 atom stereocenters. The smallest absolute Gasteiger partial charge is 0.319 e. The van der Waals surface area contributed by atoms with E-state index in [9.17, 15) is 4.79 Å². The van der Waals surface area contributed by atoms with Gasteiger partial charge in [0.15, 0.2) is 0 Å². The Morgan fingerprint density at radius 2 is 2.07 bits per heavy atom. The number of benzene rings is 1. The van der Waals surface area contributed by atoms with Crippen LogP contribution in [0.4, 0.5) is 10.5 Å². The number of aryl methyl sites for hydroxylation is 2. The Morgan fingerprint density at radius 3 is 2.78 bits per heavy atom. The molecule has 2 N–H and O–H groups in total. The van der Waals surface area contributed by atoms with E-state index in [-0.39, 0.29) is 12.1 Å². The molecule has 0 spiro atoms. The lowest BCUT2D eigenvalue weighted by Gasteiger charge is -2.18. The van der Waals surface area contributed by atoms with Crippen LogP contribution in [0.5, 0.6) is 0 Å². The number of carbonyl (C=O) groups excluding carboxylic acids is 1. The van der Waals surface area contributed by atoms with E-state index in [0.29, 0.717) is 11.7 Å². The molecule has 1 aliphatic carbocycles. The number of amides is 2. The lowest BCUT2D eigenvalue weighted by atomic mass is 10.1. The van der Waals surface area contributed by atoms with E-state index < -0.39 is 0 Å². The summed E-state index contributed by atoms with van der Waals surface area (Å²) in [5.74, 6) is 2.05. The van der Waals surface area contributed by atoms with Crippen molar-refractivity contribution in [3.05, 3.63) is 60.6 Å². The molecule has 138 valence electrons. The van der Waals surface area contributed by atoms with Gasteiger partial charge in [0.25, 0.3) is 0 Å². The van der Waals surface area contributed by atoms with Gasteiger partial charge >= 0.3 is 6.03 Å². The first-order valence-corrected chi connectivity index (χ1v) is 9.05. The molecule has 2 heterocycles. The lowest BCUT2D eigenvalue weighted by Crippen LogP contribution is -2.35. The van der Waals surface area contributed by atoms with Crippen LogP contribution in [-0.2, 0) is 7.05 Å². The molecular weight excluding hydrogens is 340 g/mol. The van der Waals surface area contributed by atoms with Gasteiger partial charge in [-0.25, -0.2) is 19.7 Å². The average molecular weight is 362 g/mol. The number of carbonyl (C=O) groups is 1. The second-order valence-corrected chi connectivity index (χ2v) is 6.88. The summed E-state index contributed by atoms with van der Waals surface area (Å²) >= 11 is 0. The van der Waals surface area contributed by atoms with Crippen molar-refractivity contribution in [1.82, 2.24) is 24.8 Å². The van der Waals surface area contributed by atoms with Crippen LogP contribution in [0.1, 0.15) is 30.5 Å². The Hall–Kier alpha value is -3.22. The first-order chi connectivity index (χ1) is 13.1. The van der Waals surface area contributed by atoms with Crippen LogP contribution in [0, 0.1) is 12.8 Å². The molecule has 1 fully saturated rings. The molecule has 0 unspecified atom stereocenters. The highest BCUT2D eigenvalue weighted by Crippen LogP contribution is 2.40. The second kappa shape index (κ2) is 7.19. The monoisotopic (exact) mass is 362 g/mol. The molecule has 7 nitrogen and oxygen atoms in total. The van der Waals surface area contributed by atoms with Gasteiger partial charge in [-0.2, -0.15) is 0 Å². The maximum absolute atomic E-state index is 12.6. The predicted octanol–water partition coefficient (Wildman–Crippen LogP) is 3.46. The summed E-state index contributed by atoms with van der Waals surface area (Å²) in [5, 5.41) is 6.01. The van der Waals surface area contributed by atoms with Crippen molar-refractivity contribution >= 4 is 11.7 Å². The first kappa shape index (κ1) is 17.2. The Kier molecular flexibility index (Phi) is 4.58. The number of anilines is 1. The van der Waals surface area contributed by atoms with Gasteiger partial charge in [0.05, 0.1) is 11.7 Å². The minimum Gasteiger partial charge on any atom is -0.336 e. The van der Waals surface area contributed by atoms with Crippen molar-refractivity contribution < 1.29 is 4.79 Å². The van der Waals surface area contributed by atoms with Crippen LogP contribution >= 0.6 is 0 Å². The molecule has 7 heteroatoms. The Balaban J connectivity index is 1.48. The quantitative estimate of drug-likeness (QED) is 0.728. The van der Waals surface area contributed by atoms with E-state index in [1.807, 2.05) is 55.1 Å². The van der Waals surface area contributed by atoms with Crippen LogP contribution in [0.25, 0.3) is 11.3 Å². The summed E-state index contributed by atoms with van der Waals surface area (Å²) in [6, 6.07) is 9.20. The number of hydrogen-bond acceptors (Lipinski definition) is 4. The van der Waals surface area contributed by atoms with E-state index in [1.165, 1.54) is 0 Å². The van der Waals surface area contributed by atoms with Gasteiger partial charge < -0.3 is 15.2 Å². The normalized spacial score (nSPS) is 14.6. The summed E-state index contributed by atoms with van der Waals surface area (Å²) in [4.78, 5) is 25.5. The highest BCUT2D eigenvalue weighted by Gasteiger charge is 2.35. The van der Waals surface area contributed by atoms with Gasteiger partial charge in [-0.1, -0.05) is 12.1 Å². The Labute approximate surface area is 157 Å². The SMILES string of the molecule is Cc1nccc(-c2cccc(NC(=O)N[C@H](c3nccn3C)C3CC3)c2)n1. The second-order valence-electron chi connectivity index (χ2n) is 6.88. The molecule has 0 saturated heterocycles. The molecule has 27 heavy (non-hydrogen) atoms. The predicted molar refractivity (Wildman–Crippen MR) is 103 cm³/mol. The van der Waals surface area contributed by atoms with Gasteiger partial charge in [-0.3, -0.25) is 0 Å². The Morgan fingerprint density at radius 1 is 1.22 bits per heavy atom. The minimum absolute atomic E-state index is 0.0716. The van der Waals surface area contributed by atoms with Gasteiger partial charge in [-0.05, 0) is 43.9 Å². The zero-order valence-corrected chi connectivity index (χ0v) is 15.4. The summed E-state index contributed by atoms with van der Waals surface area (Å²) in [7, 11) is 1.95. The van der Waals surface area contributed by atoms with Crippen LogP contribution < -0.4 is 10.6 Å². The van der Waals surface area contributed by atoms with E-state index in [4.69, 9.17) is 0 Å². The number of rotatable bonds is 5. The number of urea groups is 1. The number of hydrogen-bond donors (Lipinski definition) is 2. The molecule has 2 aromatic heterocycles. The van der Waals surface area contributed by atoms with Crippen molar-refractivity contribution in [2.24, 2.45) is 13.0 Å². The highest BCUT2D eigenvalue weighted by molar-refractivity contribution is 5.90. The minimum atomic E-state index is -0.231. The van der Waals surface area contributed by atoms with Crippen molar-refractivity contribution in [2.75, 3.05) is 5.32 Å². The summed E-state index contributed by atoms with van der Waals surface area (Å²) in [6.45, 7) is 1.86. The maximum atomic E-state index is 12.6. The van der Waals surface area contributed by atoms with E-state index >= 15 is 0 Å². The third kappa shape index (κ3) is 3.97. The van der Waals surface area contributed by atoms with Crippen LogP contribution in [-0.4, -0.2) is 25.6 Å². The molecule has 0 aliphatic heterocycles. The zero-order valence-electron chi connectivity index (χ0n) is 15.4. The van der Waals surface area contributed by atoms with E-state index in [1.54, 1.807) is 12.4 Å².